The summed E-state index contributed by atoms with van der Waals surface area (Å²) in [6.07, 6.45) is 5.06. The van der Waals surface area contributed by atoms with Crippen molar-refractivity contribution in [2.24, 2.45) is 0 Å². The van der Waals surface area contributed by atoms with Crippen molar-refractivity contribution in [2.75, 3.05) is 64.5 Å². The van der Waals surface area contributed by atoms with Crippen LogP contribution in [0, 0.1) is 5.82 Å². The van der Waals surface area contributed by atoms with Gasteiger partial charge in [-0.05, 0) is 24.5 Å². The number of nitrogens with zero attached hydrogens (tertiary/aromatic N) is 7. The predicted octanol–water partition coefficient (Wildman–Crippen LogP) is 2.91. The summed E-state index contributed by atoms with van der Waals surface area (Å²) >= 11 is 0. The Labute approximate surface area is 231 Å². The van der Waals surface area contributed by atoms with E-state index in [0.29, 0.717) is 80.6 Å². The number of piperazine rings is 1. The second-order valence-corrected chi connectivity index (χ2v) is 10.8. The van der Waals surface area contributed by atoms with Crippen molar-refractivity contribution in [3.63, 3.8) is 0 Å². The van der Waals surface area contributed by atoms with E-state index in [1.165, 1.54) is 6.33 Å². The minimum Gasteiger partial charge on any atom is -0.493 e. The number of fused-ring (bicyclic) bond motifs is 2. The third-order valence-corrected chi connectivity index (χ3v) is 7.93. The van der Waals surface area contributed by atoms with Crippen molar-refractivity contribution in [3.8, 4) is 17.0 Å². The maximum atomic E-state index is 16.4. The molecule has 4 aromatic heterocycles. The van der Waals surface area contributed by atoms with Gasteiger partial charge in [0, 0.05) is 55.9 Å². The molecule has 212 valence electrons. The minimum atomic E-state index is -0.331. The highest BCUT2D eigenvalue weighted by Gasteiger charge is 2.31. The van der Waals surface area contributed by atoms with Crippen molar-refractivity contribution in [3.05, 3.63) is 36.2 Å². The van der Waals surface area contributed by atoms with Gasteiger partial charge in [-0.25, -0.2) is 18.9 Å². The molecular formula is C28H35FN8O3. The highest BCUT2D eigenvalue weighted by molar-refractivity contribution is 5.93. The Morgan fingerprint density at radius 1 is 1.23 bits per heavy atom. The molecule has 6 heterocycles. The van der Waals surface area contributed by atoms with E-state index in [1.807, 2.05) is 22.1 Å². The smallest absolute Gasteiger partial charge is 0.236 e. The Kier molecular flexibility index (Phi) is 7.05. The van der Waals surface area contributed by atoms with Gasteiger partial charge < -0.3 is 24.3 Å². The van der Waals surface area contributed by atoms with E-state index in [2.05, 4.69) is 45.7 Å². The third kappa shape index (κ3) is 4.64. The van der Waals surface area contributed by atoms with E-state index in [1.54, 1.807) is 17.8 Å². The third-order valence-electron chi connectivity index (χ3n) is 7.93. The van der Waals surface area contributed by atoms with Gasteiger partial charge in [0.05, 0.1) is 44.3 Å². The number of halogens is 1. The summed E-state index contributed by atoms with van der Waals surface area (Å²) in [7, 11) is 1.59. The maximum Gasteiger partial charge on any atom is 0.236 e. The summed E-state index contributed by atoms with van der Waals surface area (Å²) in [5, 5.41) is 4.82. The molecule has 2 aliphatic rings. The van der Waals surface area contributed by atoms with Crippen LogP contribution in [0.1, 0.15) is 32.3 Å². The lowest BCUT2D eigenvalue weighted by Crippen LogP contribution is -2.55. The summed E-state index contributed by atoms with van der Waals surface area (Å²) < 4.78 is 29.0. The first kappa shape index (κ1) is 26.5. The molecule has 11 nitrogen and oxygen atoms in total. The fraction of sp³-hybridized carbons (Fsp3) is 0.500. The molecule has 2 aliphatic heterocycles. The van der Waals surface area contributed by atoms with Crippen molar-refractivity contribution in [1.29, 1.82) is 0 Å². The zero-order valence-electron chi connectivity index (χ0n) is 23.4. The molecule has 1 unspecified atom stereocenters. The maximum absolute atomic E-state index is 16.4. The predicted molar refractivity (Wildman–Crippen MR) is 149 cm³/mol. The van der Waals surface area contributed by atoms with Crippen LogP contribution in [0.2, 0.25) is 0 Å². The fourth-order valence-electron chi connectivity index (χ4n) is 5.95. The number of aromatic amines is 1. The van der Waals surface area contributed by atoms with Gasteiger partial charge in [-0.2, -0.15) is 5.10 Å². The lowest BCUT2D eigenvalue weighted by molar-refractivity contribution is -0.136. The van der Waals surface area contributed by atoms with Crippen LogP contribution in [0.15, 0.2) is 24.8 Å². The highest BCUT2D eigenvalue weighted by atomic mass is 19.1. The summed E-state index contributed by atoms with van der Waals surface area (Å²) in [5.41, 5.74) is 3.75. The van der Waals surface area contributed by atoms with Gasteiger partial charge in [0.25, 0.3) is 0 Å². The van der Waals surface area contributed by atoms with Crippen molar-refractivity contribution in [1.82, 2.24) is 34.4 Å². The molecule has 0 aliphatic carbocycles. The Morgan fingerprint density at radius 2 is 2.02 bits per heavy atom. The average molecular weight is 551 g/mol. The molecule has 12 heteroatoms. The number of pyridine rings is 2. The molecular weight excluding hydrogens is 515 g/mol. The summed E-state index contributed by atoms with van der Waals surface area (Å²) in [5.74, 6) is 0.753. The van der Waals surface area contributed by atoms with E-state index < -0.39 is 0 Å². The molecule has 0 saturated carbocycles. The number of H-pyrrole nitrogens is 1. The average Bonchev–Trinajstić information content (AvgIpc) is 3.59. The van der Waals surface area contributed by atoms with Gasteiger partial charge >= 0.3 is 0 Å². The van der Waals surface area contributed by atoms with E-state index in [4.69, 9.17) is 9.47 Å². The van der Waals surface area contributed by atoms with Crippen LogP contribution in [-0.4, -0.2) is 106 Å². The molecule has 1 N–H and O–H groups in total. The number of carbonyl (C=O) groups excluding carboxylic acids is 1. The first-order valence-electron chi connectivity index (χ1n) is 13.8. The van der Waals surface area contributed by atoms with E-state index in [9.17, 15) is 4.79 Å². The molecule has 0 spiro atoms. The number of nitrogens with one attached hydrogen (secondary N) is 1. The number of amides is 1. The van der Waals surface area contributed by atoms with Gasteiger partial charge in [-0.1, -0.05) is 13.8 Å². The van der Waals surface area contributed by atoms with Gasteiger partial charge in [0.1, 0.15) is 6.33 Å². The molecule has 4 aromatic rings. The number of rotatable bonds is 6. The number of anilines is 1. The molecule has 0 bridgehead atoms. The van der Waals surface area contributed by atoms with Gasteiger partial charge in [0.15, 0.2) is 23.0 Å². The number of hydrogen-bond donors (Lipinski definition) is 1. The van der Waals surface area contributed by atoms with Crippen LogP contribution < -0.4 is 9.64 Å². The molecule has 1 amide bonds. The molecule has 2 saturated heterocycles. The molecule has 6 rings (SSSR count). The Balaban J connectivity index is 1.30. The van der Waals surface area contributed by atoms with Crippen molar-refractivity contribution < 1.29 is 18.7 Å². The van der Waals surface area contributed by atoms with Crippen LogP contribution in [-0.2, 0) is 9.53 Å². The van der Waals surface area contributed by atoms with E-state index in [0.717, 1.165) is 16.8 Å². The Bertz CT molecular complexity index is 1540. The second-order valence-electron chi connectivity index (χ2n) is 10.8. The van der Waals surface area contributed by atoms with Crippen LogP contribution in [0.4, 0.5) is 10.2 Å². The lowest BCUT2D eigenvalue weighted by atomic mass is 9.96. The quantitative estimate of drug-likeness (QED) is 0.391. The normalized spacial score (nSPS) is 18.8. The minimum absolute atomic E-state index is 0.00872. The second kappa shape index (κ2) is 10.7. The molecule has 0 aromatic carbocycles. The van der Waals surface area contributed by atoms with Gasteiger partial charge in [0.2, 0.25) is 5.91 Å². The summed E-state index contributed by atoms with van der Waals surface area (Å²) in [6, 6.07) is 1.89. The molecule has 2 fully saturated rings. The number of methoxy groups -OCH3 is 1. The monoisotopic (exact) mass is 550 g/mol. The van der Waals surface area contributed by atoms with Crippen LogP contribution in [0.5, 0.6) is 5.75 Å². The number of ether oxygens (including phenoxy) is 2. The largest absolute Gasteiger partial charge is 0.493 e. The SMILES string of the molecule is COc1cc(-c2[nH]c3cnc(N4CCN(CC(=O)N5CCOCC5)CC4C)c(F)c3c2C(C)C)cn2ncnc12. The first-order chi connectivity index (χ1) is 19.4. The van der Waals surface area contributed by atoms with Gasteiger partial charge in [-0.15, -0.1) is 0 Å². The number of carbonyl (C=O) groups is 1. The molecule has 40 heavy (non-hydrogen) atoms. The number of hydrogen-bond acceptors (Lipinski definition) is 8. The number of morpholine rings is 1. The zero-order chi connectivity index (χ0) is 28.0. The van der Waals surface area contributed by atoms with Gasteiger partial charge in [-0.3, -0.25) is 9.69 Å². The first-order valence-corrected chi connectivity index (χ1v) is 13.8. The van der Waals surface area contributed by atoms with Crippen LogP contribution in [0.25, 0.3) is 27.8 Å². The van der Waals surface area contributed by atoms with Crippen molar-refractivity contribution >= 4 is 28.3 Å². The van der Waals surface area contributed by atoms with Crippen LogP contribution >= 0.6 is 0 Å². The topological polar surface area (TPSA) is 104 Å². The Hall–Kier alpha value is -3.77. The summed E-state index contributed by atoms with van der Waals surface area (Å²) in [6.45, 7) is 10.9. The summed E-state index contributed by atoms with van der Waals surface area (Å²) in [4.78, 5) is 31.1. The molecule has 1 atom stereocenters. The highest BCUT2D eigenvalue weighted by Crippen LogP contribution is 2.40. The van der Waals surface area contributed by atoms with E-state index >= 15 is 4.39 Å². The standard InChI is InChI=1S/C28H35FN8O3/c1-17(2)23-24-20(33-26(23)19-11-21(39-4)27-31-16-32-37(27)14-19)12-30-28(25(24)29)36-6-5-34(13-18(36)3)15-22(38)35-7-9-40-10-8-35/h11-12,14,16-18,33H,5-10,13,15H2,1-4H3. The van der Waals surface area contributed by atoms with Crippen molar-refractivity contribution in [2.45, 2.75) is 32.7 Å². The zero-order valence-corrected chi connectivity index (χ0v) is 23.4. The lowest BCUT2D eigenvalue weighted by Gasteiger charge is -2.41. The molecule has 0 radical (unpaired) electrons. The number of aromatic nitrogens is 5. The Morgan fingerprint density at radius 3 is 2.75 bits per heavy atom. The fourth-order valence-corrected chi connectivity index (χ4v) is 5.95. The van der Waals surface area contributed by atoms with Crippen LogP contribution in [0.3, 0.4) is 0 Å². The van der Waals surface area contributed by atoms with E-state index in [-0.39, 0.29) is 23.7 Å².